The summed E-state index contributed by atoms with van der Waals surface area (Å²) in [5.74, 6) is 0.360. The molecule has 7 heteroatoms. The highest BCUT2D eigenvalue weighted by molar-refractivity contribution is 9.10. The Labute approximate surface area is 154 Å². The van der Waals surface area contributed by atoms with Crippen LogP contribution in [0.25, 0.3) is 0 Å². The molecule has 2 aromatic rings. The molecule has 2 aromatic carbocycles. The molecule has 0 bridgehead atoms. The molecule has 0 aliphatic rings. The number of methoxy groups -OCH3 is 1. The van der Waals surface area contributed by atoms with Crippen molar-refractivity contribution in [2.24, 2.45) is 5.10 Å². The second-order valence-corrected chi connectivity index (χ2v) is 5.94. The molecule has 0 aliphatic carbocycles. The van der Waals surface area contributed by atoms with Crippen LogP contribution in [-0.2, 0) is 0 Å². The Morgan fingerprint density at radius 1 is 1.32 bits per heavy atom. The maximum absolute atomic E-state index is 12.9. The smallest absolute Gasteiger partial charge is 0.271 e. The molecular weight excluding hydrogens is 391 g/mol. The first-order valence-electron chi connectivity index (χ1n) is 7.64. The van der Waals surface area contributed by atoms with E-state index in [9.17, 15) is 9.18 Å². The Hall–Kier alpha value is -2.41. The minimum Gasteiger partial charge on any atom is -0.493 e. The van der Waals surface area contributed by atoms with Gasteiger partial charge in [0, 0.05) is 5.56 Å². The molecule has 0 radical (unpaired) electrons. The lowest BCUT2D eigenvalue weighted by Crippen LogP contribution is -2.17. The number of benzene rings is 2. The maximum atomic E-state index is 12.9. The molecule has 0 fully saturated rings. The lowest BCUT2D eigenvalue weighted by molar-refractivity contribution is 0.0955. The Kier molecular flexibility index (Phi) is 6.94. The van der Waals surface area contributed by atoms with Crippen LogP contribution in [0.15, 0.2) is 46.0 Å². The lowest BCUT2D eigenvalue weighted by Gasteiger charge is -2.12. The summed E-state index contributed by atoms with van der Waals surface area (Å²) in [6.07, 6.45) is 2.37. The number of nitrogens with one attached hydrogen (secondary N) is 1. The number of halogens is 2. The van der Waals surface area contributed by atoms with E-state index >= 15 is 0 Å². The van der Waals surface area contributed by atoms with Crippen molar-refractivity contribution >= 4 is 28.1 Å². The van der Waals surface area contributed by atoms with Crippen LogP contribution in [0.5, 0.6) is 11.5 Å². The molecule has 25 heavy (non-hydrogen) atoms. The van der Waals surface area contributed by atoms with E-state index in [-0.39, 0.29) is 0 Å². The fourth-order valence-electron chi connectivity index (χ4n) is 1.99. The number of ether oxygens (including phenoxy) is 2. The van der Waals surface area contributed by atoms with Crippen molar-refractivity contribution < 1.29 is 18.7 Å². The third-order valence-electron chi connectivity index (χ3n) is 3.19. The fourth-order valence-corrected chi connectivity index (χ4v) is 2.56. The van der Waals surface area contributed by atoms with Gasteiger partial charge in [-0.05, 0) is 64.3 Å². The van der Waals surface area contributed by atoms with Gasteiger partial charge in [0.1, 0.15) is 5.82 Å². The van der Waals surface area contributed by atoms with Crippen molar-refractivity contribution in [1.82, 2.24) is 5.43 Å². The summed E-state index contributed by atoms with van der Waals surface area (Å²) in [6, 6.07) is 8.77. The first-order chi connectivity index (χ1) is 12.0. The van der Waals surface area contributed by atoms with Crippen molar-refractivity contribution in [1.29, 1.82) is 0 Å². The third-order valence-corrected chi connectivity index (χ3v) is 3.78. The van der Waals surface area contributed by atoms with Crippen LogP contribution in [0.3, 0.4) is 0 Å². The van der Waals surface area contributed by atoms with Crippen molar-refractivity contribution in [2.75, 3.05) is 13.7 Å². The molecule has 0 saturated heterocycles. The summed E-state index contributed by atoms with van der Waals surface area (Å²) >= 11 is 3.44. The zero-order chi connectivity index (χ0) is 18.2. The number of hydrogen-bond donors (Lipinski definition) is 1. The predicted octanol–water partition coefficient (Wildman–Crippen LogP) is 4.15. The molecule has 1 amide bonds. The normalized spacial score (nSPS) is 10.7. The quantitative estimate of drug-likeness (QED) is 0.552. The average Bonchev–Trinajstić information content (AvgIpc) is 2.61. The monoisotopic (exact) mass is 408 g/mol. The highest BCUT2D eigenvalue weighted by atomic mass is 79.9. The topological polar surface area (TPSA) is 59.9 Å². The van der Waals surface area contributed by atoms with E-state index in [0.29, 0.717) is 29.2 Å². The Morgan fingerprint density at radius 3 is 2.68 bits per heavy atom. The molecule has 0 aromatic heterocycles. The number of nitrogens with zero attached hydrogens (tertiary/aromatic N) is 1. The van der Waals surface area contributed by atoms with Crippen LogP contribution >= 0.6 is 15.9 Å². The molecule has 0 aliphatic heterocycles. The zero-order valence-corrected chi connectivity index (χ0v) is 15.5. The average molecular weight is 409 g/mol. The number of amides is 1. The molecule has 0 atom stereocenters. The molecule has 132 valence electrons. The molecule has 2 rings (SSSR count). The molecule has 5 nitrogen and oxygen atoms in total. The summed E-state index contributed by atoms with van der Waals surface area (Å²) in [7, 11) is 1.55. The zero-order valence-electron chi connectivity index (χ0n) is 13.9. The van der Waals surface area contributed by atoms with Gasteiger partial charge >= 0.3 is 0 Å². The van der Waals surface area contributed by atoms with E-state index in [1.165, 1.54) is 30.5 Å². The van der Waals surface area contributed by atoms with E-state index in [1.807, 2.05) is 6.92 Å². The van der Waals surface area contributed by atoms with Crippen LogP contribution in [0.2, 0.25) is 0 Å². The van der Waals surface area contributed by atoms with E-state index in [4.69, 9.17) is 9.47 Å². The van der Waals surface area contributed by atoms with Gasteiger partial charge in [0.05, 0.1) is 24.4 Å². The lowest BCUT2D eigenvalue weighted by atomic mass is 10.2. The molecule has 0 heterocycles. The van der Waals surface area contributed by atoms with Gasteiger partial charge in [-0.25, -0.2) is 9.82 Å². The van der Waals surface area contributed by atoms with Crippen molar-refractivity contribution in [3.63, 3.8) is 0 Å². The van der Waals surface area contributed by atoms with Gasteiger partial charge in [0.15, 0.2) is 11.5 Å². The Bertz CT molecular complexity index is 764. The maximum Gasteiger partial charge on any atom is 0.271 e. The molecular formula is C18H18BrFN2O3. The minimum absolute atomic E-state index is 0.320. The number of carbonyl (C=O) groups is 1. The summed E-state index contributed by atoms with van der Waals surface area (Å²) in [5.41, 5.74) is 3.43. The summed E-state index contributed by atoms with van der Waals surface area (Å²) in [5, 5.41) is 3.91. The highest BCUT2D eigenvalue weighted by Gasteiger charge is 2.11. The van der Waals surface area contributed by atoms with Crippen molar-refractivity contribution in [3.05, 3.63) is 57.8 Å². The van der Waals surface area contributed by atoms with Gasteiger partial charge in [-0.3, -0.25) is 4.79 Å². The van der Waals surface area contributed by atoms with E-state index in [0.717, 1.165) is 10.9 Å². The predicted molar refractivity (Wildman–Crippen MR) is 97.9 cm³/mol. The van der Waals surface area contributed by atoms with Crippen molar-refractivity contribution in [2.45, 2.75) is 13.3 Å². The van der Waals surface area contributed by atoms with Crippen LogP contribution in [-0.4, -0.2) is 25.8 Å². The van der Waals surface area contributed by atoms with Gasteiger partial charge in [0.25, 0.3) is 5.91 Å². The van der Waals surface area contributed by atoms with Crippen molar-refractivity contribution in [3.8, 4) is 11.5 Å². The molecule has 0 spiro atoms. The van der Waals surface area contributed by atoms with E-state index < -0.39 is 11.7 Å². The summed E-state index contributed by atoms with van der Waals surface area (Å²) in [4.78, 5) is 11.9. The fraction of sp³-hybridized carbons (Fsp3) is 0.222. The first-order valence-corrected chi connectivity index (χ1v) is 8.43. The standard InChI is InChI=1S/C18H18BrFN2O3/c1-3-8-25-17-15(19)9-12(10-16(17)24-2)11-21-22-18(23)13-4-6-14(20)7-5-13/h4-7,9-11H,3,8H2,1-2H3,(H,22,23)/b21-11-. The Morgan fingerprint density at radius 2 is 2.04 bits per heavy atom. The molecule has 0 saturated carbocycles. The summed E-state index contributed by atoms with van der Waals surface area (Å²) < 4.78 is 24.6. The first kappa shape index (κ1) is 18.9. The van der Waals surface area contributed by atoms with Crippen LogP contribution in [0, 0.1) is 5.82 Å². The Balaban J connectivity index is 2.08. The number of hydrogen-bond acceptors (Lipinski definition) is 4. The summed E-state index contributed by atoms with van der Waals surface area (Å²) in [6.45, 7) is 2.60. The van der Waals surface area contributed by atoms with E-state index in [2.05, 4.69) is 26.5 Å². The van der Waals surface area contributed by atoms with Gasteiger partial charge in [-0.15, -0.1) is 0 Å². The number of hydrazone groups is 1. The van der Waals surface area contributed by atoms with Crippen LogP contribution in [0.1, 0.15) is 29.3 Å². The molecule has 0 unspecified atom stereocenters. The van der Waals surface area contributed by atoms with Gasteiger partial charge in [0.2, 0.25) is 0 Å². The minimum atomic E-state index is -0.426. The third kappa shape index (κ3) is 5.29. The van der Waals surface area contributed by atoms with Gasteiger partial charge < -0.3 is 9.47 Å². The number of carbonyl (C=O) groups excluding carboxylic acids is 1. The second kappa shape index (κ2) is 9.17. The highest BCUT2D eigenvalue weighted by Crippen LogP contribution is 2.36. The van der Waals surface area contributed by atoms with Gasteiger partial charge in [-0.1, -0.05) is 6.92 Å². The largest absolute Gasteiger partial charge is 0.493 e. The van der Waals surface area contributed by atoms with Crippen LogP contribution in [0.4, 0.5) is 4.39 Å². The molecule has 1 N–H and O–H groups in total. The van der Waals surface area contributed by atoms with Gasteiger partial charge in [-0.2, -0.15) is 5.10 Å². The van der Waals surface area contributed by atoms with E-state index in [1.54, 1.807) is 19.2 Å². The second-order valence-electron chi connectivity index (χ2n) is 5.09. The number of rotatable bonds is 7. The van der Waals surface area contributed by atoms with Crippen LogP contribution < -0.4 is 14.9 Å². The SMILES string of the molecule is CCCOc1c(Br)cc(/C=N\NC(=O)c2ccc(F)cc2)cc1OC.